The summed E-state index contributed by atoms with van der Waals surface area (Å²) in [5.41, 5.74) is 0. The molecule has 26 heavy (non-hydrogen) atoms. The van der Waals surface area contributed by atoms with E-state index in [1.54, 1.807) is 30.7 Å². The van der Waals surface area contributed by atoms with Crippen molar-refractivity contribution in [3.05, 3.63) is 24.5 Å². The molecule has 0 aromatic carbocycles. The van der Waals surface area contributed by atoms with E-state index in [-0.39, 0.29) is 35.8 Å². The molecule has 8 nitrogen and oxygen atoms in total. The number of hydrogen-bond acceptors (Lipinski definition) is 5. The number of sulfonamides is 1. The predicted octanol–water partition coefficient (Wildman–Crippen LogP) is 1.06. The Morgan fingerprint density at radius 1 is 1.42 bits per heavy atom. The first-order chi connectivity index (χ1) is 12.0. The van der Waals surface area contributed by atoms with Gasteiger partial charge in [-0.2, -0.15) is 0 Å². The topological polar surface area (TPSA) is 95.9 Å². The molecule has 0 unspecified atom stereocenters. The molecule has 2 heterocycles. The molecule has 2 N–H and O–H groups in total. The van der Waals surface area contributed by atoms with Gasteiger partial charge in [0.1, 0.15) is 12.4 Å². The molecule has 1 saturated heterocycles. The molecule has 0 radical (unpaired) electrons. The van der Waals surface area contributed by atoms with Gasteiger partial charge in [0.25, 0.3) is 0 Å². The van der Waals surface area contributed by atoms with Crippen molar-refractivity contribution in [3.8, 4) is 5.75 Å². The van der Waals surface area contributed by atoms with E-state index in [2.05, 4.69) is 20.6 Å². The Balaban J connectivity index is 0.00000338. The van der Waals surface area contributed by atoms with Crippen LogP contribution in [-0.2, 0) is 10.0 Å². The number of piperidine rings is 1. The highest BCUT2D eigenvalue weighted by Crippen LogP contribution is 2.14. The molecule has 1 aliphatic rings. The lowest BCUT2D eigenvalue weighted by molar-refractivity contribution is 0.303. The van der Waals surface area contributed by atoms with Gasteiger partial charge < -0.3 is 15.4 Å². The highest BCUT2D eigenvalue weighted by atomic mass is 127. The monoisotopic (exact) mass is 497 g/mol. The molecule has 0 aliphatic carbocycles. The number of hydrogen-bond donors (Lipinski definition) is 2. The van der Waals surface area contributed by atoms with E-state index < -0.39 is 10.0 Å². The van der Waals surface area contributed by atoms with Crippen molar-refractivity contribution in [1.29, 1.82) is 0 Å². The van der Waals surface area contributed by atoms with Crippen molar-refractivity contribution in [2.75, 3.05) is 39.0 Å². The Labute approximate surface area is 172 Å². The van der Waals surface area contributed by atoms with Crippen LogP contribution in [-0.4, -0.2) is 68.8 Å². The molecule has 1 fully saturated rings. The molecule has 148 valence electrons. The largest absolute Gasteiger partial charge is 0.490 e. The minimum atomic E-state index is -3.08. The second kappa shape index (κ2) is 11.5. The maximum Gasteiger partial charge on any atom is 0.213 e. The van der Waals surface area contributed by atoms with Crippen molar-refractivity contribution in [1.82, 2.24) is 19.9 Å². The van der Waals surface area contributed by atoms with Crippen LogP contribution >= 0.6 is 24.0 Å². The Bertz CT molecular complexity index is 649. The first-order valence-electron chi connectivity index (χ1n) is 8.53. The molecule has 1 aromatic heterocycles. The third kappa shape index (κ3) is 7.23. The third-order valence-electron chi connectivity index (χ3n) is 4.07. The normalized spacial score (nSPS) is 16.6. The van der Waals surface area contributed by atoms with Crippen molar-refractivity contribution in [2.45, 2.75) is 25.8 Å². The van der Waals surface area contributed by atoms with Crippen LogP contribution in [0.3, 0.4) is 0 Å². The summed E-state index contributed by atoms with van der Waals surface area (Å²) in [6, 6.07) is 3.90. The zero-order chi connectivity index (χ0) is 18.1. The SMILES string of the molecule is CCS(=O)(=O)N1CCC(NC(=NC)NCCOc2cccnc2)CC1.I. The van der Waals surface area contributed by atoms with Crippen LogP contribution in [0.25, 0.3) is 0 Å². The lowest BCUT2D eigenvalue weighted by Crippen LogP contribution is -2.50. The Kier molecular flexibility index (Phi) is 10.2. The van der Waals surface area contributed by atoms with Crippen LogP contribution in [0.4, 0.5) is 0 Å². The summed E-state index contributed by atoms with van der Waals surface area (Å²) >= 11 is 0. The van der Waals surface area contributed by atoms with E-state index in [9.17, 15) is 8.42 Å². The van der Waals surface area contributed by atoms with E-state index in [0.29, 0.717) is 32.2 Å². The zero-order valence-corrected chi connectivity index (χ0v) is 18.4. The highest BCUT2D eigenvalue weighted by molar-refractivity contribution is 14.0. The third-order valence-corrected chi connectivity index (χ3v) is 5.96. The second-order valence-corrected chi connectivity index (χ2v) is 8.01. The fraction of sp³-hybridized carbons (Fsp3) is 0.625. The highest BCUT2D eigenvalue weighted by Gasteiger charge is 2.26. The van der Waals surface area contributed by atoms with Gasteiger partial charge >= 0.3 is 0 Å². The molecular formula is C16H28IN5O3S. The van der Waals surface area contributed by atoms with Crippen molar-refractivity contribution in [2.24, 2.45) is 4.99 Å². The smallest absolute Gasteiger partial charge is 0.213 e. The van der Waals surface area contributed by atoms with Gasteiger partial charge in [0.05, 0.1) is 18.5 Å². The number of guanidine groups is 1. The quantitative estimate of drug-likeness (QED) is 0.253. The zero-order valence-electron chi connectivity index (χ0n) is 15.2. The number of aliphatic imine (C=N–C) groups is 1. The molecule has 0 amide bonds. The molecule has 1 aliphatic heterocycles. The van der Waals surface area contributed by atoms with Gasteiger partial charge in [0.15, 0.2) is 5.96 Å². The summed E-state index contributed by atoms with van der Waals surface area (Å²) < 4.78 is 30.9. The van der Waals surface area contributed by atoms with E-state index in [4.69, 9.17) is 4.74 Å². The fourth-order valence-electron chi connectivity index (χ4n) is 2.62. The van der Waals surface area contributed by atoms with Gasteiger partial charge in [-0.05, 0) is 31.9 Å². The standard InChI is InChI=1S/C16H27N5O3S.HI/c1-3-25(22,23)21-10-6-14(7-11-21)20-16(17-2)19-9-12-24-15-5-4-8-18-13-15;/h4-5,8,13-14H,3,6-7,9-12H2,1-2H3,(H2,17,19,20);1H. The average Bonchev–Trinajstić information content (AvgIpc) is 2.65. The van der Waals surface area contributed by atoms with Gasteiger partial charge in [-0.3, -0.25) is 9.98 Å². The molecule has 2 rings (SSSR count). The summed E-state index contributed by atoms with van der Waals surface area (Å²) in [7, 11) is -1.37. The second-order valence-electron chi connectivity index (χ2n) is 5.75. The van der Waals surface area contributed by atoms with Gasteiger partial charge in [-0.1, -0.05) is 0 Å². The number of nitrogens with one attached hydrogen (secondary N) is 2. The summed E-state index contributed by atoms with van der Waals surface area (Å²) in [5.74, 6) is 1.59. The minimum absolute atomic E-state index is 0. The summed E-state index contributed by atoms with van der Waals surface area (Å²) in [6.07, 6.45) is 4.91. The Hall–Kier alpha value is -1.14. The van der Waals surface area contributed by atoms with Crippen LogP contribution in [0.1, 0.15) is 19.8 Å². The van der Waals surface area contributed by atoms with Crippen LogP contribution in [0, 0.1) is 0 Å². The fourth-order valence-corrected chi connectivity index (χ4v) is 3.75. The van der Waals surface area contributed by atoms with Crippen molar-refractivity contribution in [3.63, 3.8) is 0 Å². The van der Waals surface area contributed by atoms with E-state index in [0.717, 1.165) is 18.6 Å². The molecule has 0 atom stereocenters. The maximum atomic E-state index is 11.9. The number of pyridine rings is 1. The Morgan fingerprint density at radius 3 is 2.73 bits per heavy atom. The molecule has 1 aromatic rings. The summed E-state index contributed by atoms with van der Waals surface area (Å²) in [6.45, 7) is 3.89. The number of rotatable bonds is 7. The number of aromatic nitrogens is 1. The van der Waals surface area contributed by atoms with E-state index >= 15 is 0 Å². The van der Waals surface area contributed by atoms with Gasteiger partial charge in [-0.15, -0.1) is 24.0 Å². The number of halogens is 1. The first kappa shape index (κ1) is 22.9. The van der Waals surface area contributed by atoms with Crippen LogP contribution in [0.5, 0.6) is 5.75 Å². The minimum Gasteiger partial charge on any atom is -0.490 e. The first-order valence-corrected chi connectivity index (χ1v) is 10.1. The number of nitrogens with zero attached hydrogens (tertiary/aromatic N) is 3. The number of ether oxygens (including phenoxy) is 1. The molecule has 0 saturated carbocycles. The van der Waals surface area contributed by atoms with Crippen LogP contribution < -0.4 is 15.4 Å². The van der Waals surface area contributed by atoms with Crippen LogP contribution in [0.2, 0.25) is 0 Å². The van der Waals surface area contributed by atoms with Crippen LogP contribution in [0.15, 0.2) is 29.5 Å². The van der Waals surface area contributed by atoms with Gasteiger partial charge in [-0.25, -0.2) is 12.7 Å². The van der Waals surface area contributed by atoms with E-state index in [1.165, 1.54) is 0 Å². The molecular weight excluding hydrogens is 469 g/mol. The summed E-state index contributed by atoms with van der Waals surface area (Å²) in [4.78, 5) is 8.20. The average molecular weight is 497 g/mol. The summed E-state index contributed by atoms with van der Waals surface area (Å²) in [5, 5.41) is 6.55. The predicted molar refractivity (Wildman–Crippen MR) is 114 cm³/mol. The molecule has 0 spiro atoms. The molecule has 0 bridgehead atoms. The van der Waals surface area contributed by atoms with Gasteiger partial charge in [0, 0.05) is 32.4 Å². The van der Waals surface area contributed by atoms with Crippen molar-refractivity contribution >= 4 is 40.0 Å². The molecule has 10 heteroatoms. The Morgan fingerprint density at radius 2 is 2.15 bits per heavy atom. The van der Waals surface area contributed by atoms with Gasteiger partial charge in [0.2, 0.25) is 10.0 Å². The lowest BCUT2D eigenvalue weighted by Gasteiger charge is -2.32. The van der Waals surface area contributed by atoms with Crippen molar-refractivity contribution < 1.29 is 13.2 Å². The maximum absolute atomic E-state index is 11.9. The lowest BCUT2D eigenvalue weighted by atomic mass is 10.1. The van der Waals surface area contributed by atoms with E-state index in [1.807, 2.05) is 12.1 Å².